The molecule has 1 aliphatic carbocycles. The lowest BCUT2D eigenvalue weighted by molar-refractivity contribution is -0.119. The summed E-state index contributed by atoms with van der Waals surface area (Å²) in [6.07, 6.45) is 6.11. The number of benzene rings is 2. The van der Waals surface area contributed by atoms with Crippen molar-refractivity contribution in [3.63, 3.8) is 0 Å². The summed E-state index contributed by atoms with van der Waals surface area (Å²) in [6.45, 7) is -0.0662. The Kier molecular flexibility index (Phi) is 6.70. The van der Waals surface area contributed by atoms with Crippen molar-refractivity contribution in [1.29, 1.82) is 0 Å². The highest BCUT2D eigenvalue weighted by Crippen LogP contribution is 2.33. The lowest BCUT2D eigenvalue weighted by Crippen LogP contribution is -2.17. The van der Waals surface area contributed by atoms with Gasteiger partial charge in [0.25, 0.3) is 10.0 Å². The number of carbonyl (C=O) groups excluding carboxylic acids is 1. The third-order valence-electron chi connectivity index (χ3n) is 4.94. The fourth-order valence-corrected chi connectivity index (χ4v) is 4.61. The number of hydrogen-bond donors (Lipinski definition) is 2. The Morgan fingerprint density at radius 2 is 1.71 bits per heavy atom. The number of methoxy groups -OCH3 is 1. The van der Waals surface area contributed by atoms with Gasteiger partial charge >= 0.3 is 0 Å². The smallest absolute Gasteiger partial charge is 0.261 e. The van der Waals surface area contributed by atoms with Crippen molar-refractivity contribution in [3.8, 4) is 0 Å². The maximum atomic E-state index is 12.7. The largest absolute Gasteiger partial charge is 0.375 e. The predicted octanol–water partition coefficient (Wildman–Crippen LogP) is 4.12. The van der Waals surface area contributed by atoms with Gasteiger partial charge < -0.3 is 10.1 Å². The zero-order valence-electron chi connectivity index (χ0n) is 16.0. The molecule has 0 radical (unpaired) electrons. The second-order valence-corrected chi connectivity index (χ2v) is 8.75. The van der Waals surface area contributed by atoms with Crippen LogP contribution >= 0.6 is 0 Å². The van der Waals surface area contributed by atoms with Gasteiger partial charge in [-0.05, 0) is 54.7 Å². The van der Waals surface area contributed by atoms with Crippen LogP contribution in [0.4, 0.5) is 11.4 Å². The molecule has 28 heavy (non-hydrogen) atoms. The van der Waals surface area contributed by atoms with Gasteiger partial charge in [-0.1, -0.05) is 37.5 Å². The highest BCUT2D eigenvalue weighted by atomic mass is 32.2. The second kappa shape index (κ2) is 9.21. The van der Waals surface area contributed by atoms with E-state index in [4.69, 9.17) is 4.74 Å². The Morgan fingerprint density at radius 1 is 1.04 bits per heavy atom. The molecule has 2 aromatic carbocycles. The third kappa shape index (κ3) is 5.33. The molecule has 0 saturated heterocycles. The lowest BCUT2D eigenvalue weighted by Gasteiger charge is -2.22. The van der Waals surface area contributed by atoms with Crippen LogP contribution in [-0.2, 0) is 19.6 Å². The van der Waals surface area contributed by atoms with Gasteiger partial charge in [-0.15, -0.1) is 0 Å². The van der Waals surface area contributed by atoms with Crippen LogP contribution in [0.5, 0.6) is 0 Å². The third-order valence-corrected chi connectivity index (χ3v) is 6.34. The van der Waals surface area contributed by atoms with Gasteiger partial charge in [0.2, 0.25) is 5.91 Å². The summed E-state index contributed by atoms with van der Waals surface area (Å²) in [6, 6.07) is 13.7. The molecule has 7 heteroatoms. The standard InChI is InChI=1S/C21H26N2O4S/c1-27-15-21(24)22-18-8-5-9-19(14-18)23-28(25,26)20-12-10-17(11-13-20)16-6-3-2-4-7-16/h5,8-14,16,23H,2-4,6-7,15H2,1H3,(H,22,24). The lowest BCUT2D eigenvalue weighted by atomic mass is 9.84. The summed E-state index contributed by atoms with van der Waals surface area (Å²) < 4.78 is 32.8. The van der Waals surface area contributed by atoms with Crippen LogP contribution in [0.1, 0.15) is 43.6 Å². The molecule has 2 N–H and O–H groups in total. The van der Waals surface area contributed by atoms with Crippen LogP contribution in [0.2, 0.25) is 0 Å². The van der Waals surface area contributed by atoms with Gasteiger partial charge in [0, 0.05) is 12.8 Å². The quantitative estimate of drug-likeness (QED) is 0.730. The van der Waals surface area contributed by atoms with Crippen LogP contribution in [-0.4, -0.2) is 28.0 Å². The highest BCUT2D eigenvalue weighted by Gasteiger charge is 2.18. The van der Waals surface area contributed by atoms with Crippen LogP contribution in [0, 0.1) is 0 Å². The van der Waals surface area contributed by atoms with Gasteiger partial charge in [0.1, 0.15) is 6.61 Å². The first kappa shape index (κ1) is 20.4. The van der Waals surface area contributed by atoms with Gasteiger partial charge in [0.15, 0.2) is 0 Å². The predicted molar refractivity (Wildman–Crippen MR) is 110 cm³/mol. The summed E-state index contributed by atoms with van der Waals surface area (Å²) in [5, 5.41) is 2.65. The van der Waals surface area contributed by atoms with Crippen LogP contribution in [0.3, 0.4) is 0 Å². The van der Waals surface area contributed by atoms with Gasteiger partial charge in [0.05, 0.1) is 10.6 Å². The molecule has 0 heterocycles. The van der Waals surface area contributed by atoms with Crippen LogP contribution in [0.15, 0.2) is 53.4 Å². The van der Waals surface area contributed by atoms with Crippen molar-refractivity contribution in [2.45, 2.75) is 42.9 Å². The summed E-state index contributed by atoms with van der Waals surface area (Å²) in [7, 11) is -2.27. The maximum Gasteiger partial charge on any atom is 0.261 e. The number of ether oxygens (including phenoxy) is 1. The number of hydrogen-bond acceptors (Lipinski definition) is 4. The molecule has 1 saturated carbocycles. The second-order valence-electron chi connectivity index (χ2n) is 7.07. The van der Waals surface area contributed by atoms with Crippen molar-refractivity contribution in [2.75, 3.05) is 23.8 Å². The van der Waals surface area contributed by atoms with E-state index in [0.717, 1.165) is 0 Å². The molecule has 1 amide bonds. The number of sulfonamides is 1. The van der Waals surface area contributed by atoms with Crippen molar-refractivity contribution < 1.29 is 17.9 Å². The Bertz CT molecular complexity index is 904. The van der Waals surface area contributed by atoms with E-state index >= 15 is 0 Å². The zero-order valence-corrected chi connectivity index (χ0v) is 16.8. The first-order valence-electron chi connectivity index (χ1n) is 9.49. The topological polar surface area (TPSA) is 84.5 Å². The minimum Gasteiger partial charge on any atom is -0.375 e. The fraction of sp³-hybridized carbons (Fsp3) is 0.381. The van der Waals surface area contributed by atoms with E-state index in [0.29, 0.717) is 17.3 Å². The molecule has 0 atom stereocenters. The van der Waals surface area contributed by atoms with E-state index in [1.54, 1.807) is 36.4 Å². The van der Waals surface area contributed by atoms with Crippen molar-refractivity contribution >= 4 is 27.3 Å². The number of anilines is 2. The number of rotatable bonds is 7. The molecule has 150 valence electrons. The fourth-order valence-electron chi connectivity index (χ4n) is 3.56. The van der Waals surface area contributed by atoms with Gasteiger partial charge in [-0.2, -0.15) is 0 Å². The molecule has 3 rings (SSSR count). The Labute approximate surface area is 166 Å². The van der Waals surface area contributed by atoms with E-state index in [-0.39, 0.29) is 17.4 Å². The number of nitrogens with one attached hydrogen (secondary N) is 2. The molecule has 0 aliphatic heterocycles. The maximum absolute atomic E-state index is 12.7. The Balaban J connectivity index is 1.70. The molecule has 0 bridgehead atoms. The number of carbonyl (C=O) groups is 1. The molecule has 0 unspecified atom stereocenters. The van der Waals surface area contributed by atoms with E-state index in [1.165, 1.54) is 44.8 Å². The molecule has 6 nitrogen and oxygen atoms in total. The SMILES string of the molecule is COCC(=O)Nc1cccc(NS(=O)(=O)c2ccc(C3CCCCC3)cc2)c1. The van der Waals surface area contributed by atoms with Crippen molar-refractivity contribution in [3.05, 3.63) is 54.1 Å². The molecule has 1 fully saturated rings. The average molecular weight is 403 g/mol. The first-order valence-corrected chi connectivity index (χ1v) is 11.0. The normalized spacial score (nSPS) is 15.2. The first-order chi connectivity index (χ1) is 13.5. The highest BCUT2D eigenvalue weighted by molar-refractivity contribution is 7.92. The monoisotopic (exact) mass is 402 g/mol. The summed E-state index contributed by atoms with van der Waals surface area (Å²) >= 11 is 0. The van der Waals surface area contributed by atoms with Crippen LogP contribution < -0.4 is 10.0 Å². The minimum absolute atomic E-state index is 0.0662. The van der Waals surface area contributed by atoms with E-state index in [9.17, 15) is 13.2 Å². The summed E-state index contributed by atoms with van der Waals surface area (Å²) in [5.41, 5.74) is 2.09. The van der Waals surface area contributed by atoms with Crippen LogP contribution in [0.25, 0.3) is 0 Å². The molecule has 0 spiro atoms. The van der Waals surface area contributed by atoms with E-state index < -0.39 is 10.0 Å². The zero-order chi connectivity index (χ0) is 20.0. The molecule has 2 aromatic rings. The molecular formula is C21H26N2O4S. The Hall–Kier alpha value is -2.38. The molecule has 1 aliphatic rings. The van der Waals surface area contributed by atoms with E-state index in [2.05, 4.69) is 10.0 Å². The molecule has 0 aromatic heterocycles. The molecular weight excluding hydrogens is 376 g/mol. The van der Waals surface area contributed by atoms with Crippen molar-refractivity contribution in [2.24, 2.45) is 0 Å². The number of amides is 1. The van der Waals surface area contributed by atoms with Gasteiger partial charge in [-0.3, -0.25) is 9.52 Å². The summed E-state index contributed by atoms with van der Waals surface area (Å²) in [4.78, 5) is 11.8. The average Bonchev–Trinajstić information content (AvgIpc) is 2.69. The minimum atomic E-state index is -3.70. The van der Waals surface area contributed by atoms with Crippen molar-refractivity contribution in [1.82, 2.24) is 0 Å². The summed E-state index contributed by atoms with van der Waals surface area (Å²) in [5.74, 6) is 0.228. The van der Waals surface area contributed by atoms with Gasteiger partial charge in [-0.25, -0.2) is 8.42 Å². The van der Waals surface area contributed by atoms with E-state index in [1.807, 2.05) is 12.1 Å². The Morgan fingerprint density at radius 3 is 2.39 bits per heavy atom.